The first-order valence-corrected chi connectivity index (χ1v) is 31.1. The molecule has 0 unspecified atom stereocenters. The van der Waals surface area contributed by atoms with E-state index in [1.54, 1.807) is 11.8 Å². The van der Waals surface area contributed by atoms with Crippen LogP contribution in [0.1, 0.15) is 156 Å². The Morgan fingerprint density at radius 2 is 1.24 bits per heavy atom. The minimum absolute atomic E-state index is 0.0622. The fraction of sp³-hybridized carbons (Fsp3) is 0.394. The van der Waals surface area contributed by atoms with E-state index in [1.807, 2.05) is 113 Å². The number of rotatable bonds is 18. The van der Waals surface area contributed by atoms with Gasteiger partial charge < -0.3 is 14.8 Å². The van der Waals surface area contributed by atoms with Crippen LogP contribution in [0.15, 0.2) is 136 Å². The molecule has 0 saturated heterocycles. The molecule has 0 atom stereocenters. The number of carbonyl (C=O) groups excluding carboxylic acids is 4. The monoisotopic (exact) mass is 1230 g/mol. The van der Waals surface area contributed by atoms with Crippen molar-refractivity contribution in [1.82, 2.24) is 0 Å². The van der Waals surface area contributed by atoms with Gasteiger partial charge in [0.1, 0.15) is 34.5 Å². The second-order valence-corrected chi connectivity index (χ2v) is 25.9. The Labute approximate surface area is 502 Å². The van der Waals surface area contributed by atoms with Crippen molar-refractivity contribution in [1.29, 1.82) is 0 Å². The van der Waals surface area contributed by atoms with E-state index in [4.69, 9.17) is 26.6 Å². The Bertz CT molecular complexity index is 3170. The number of benzene rings is 6. The maximum atomic E-state index is 11.3. The molecule has 1 aliphatic carbocycles. The summed E-state index contributed by atoms with van der Waals surface area (Å²) < 4.78 is 71.3. The number of amides is 1. The molecule has 3 N–H and O–H groups in total. The molecule has 0 aliphatic heterocycles. The van der Waals surface area contributed by atoms with Crippen molar-refractivity contribution in [2.75, 3.05) is 18.5 Å². The molecule has 0 aromatic heterocycles. The first kappa shape index (κ1) is 71.9. The number of aryl methyl sites for hydroxylation is 6. The molecule has 84 heavy (non-hydrogen) atoms. The van der Waals surface area contributed by atoms with Crippen LogP contribution in [0.25, 0.3) is 0 Å². The number of hydrogen-bond acceptors (Lipinski definition) is 8. The Balaban J connectivity index is 0.000000293. The summed E-state index contributed by atoms with van der Waals surface area (Å²) in [5.41, 5.74) is 18.0. The summed E-state index contributed by atoms with van der Waals surface area (Å²) >= 11 is 7.59. The zero-order valence-corrected chi connectivity index (χ0v) is 53.1. The van der Waals surface area contributed by atoms with Crippen LogP contribution in [-0.2, 0) is 30.0 Å². The first-order valence-electron chi connectivity index (χ1n) is 27.8. The van der Waals surface area contributed by atoms with Gasteiger partial charge in [0.2, 0.25) is 5.91 Å². The van der Waals surface area contributed by atoms with Gasteiger partial charge in [0.25, 0.3) is 0 Å². The number of ether oxygens (including phenoxy) is 2. The SMILES string of the molecule is CC(=O)CC(=O)Nc1ccc(C)cc1C.CCC(C)(C)c1ccc(OCCCCOc2ccc(C)cc2)c(C(C)(C)CC)c1.Cc1cc(Sc2ccc(Cl)cc2)c(C)cc1N=[NH2+].Cc1ccccc1C1CC(=O)CC(=O)C1.F[P-](F)(F)(F)(F)F. The second kappa shape index (κ2) is 31.2. The number of nitrogens with zero attached hydrogens (tertiary/aromatic N) is 1. The van der Waals surface area contributed by atoms with Crippen molar-refractivity contribution in [2.24, 2.45) is 5.11 Å². The van der Waals surface area contributed by atoms with Crippen molar-refractivity contribution in [3.05, 3.63) is 176 Å². The average Bonchev–Trinajstić information content (AvgIpc) is 2.79. The fourth-order valence-corrected chi connectivity index (χ4v) is 9.60. The van der Waals surface area contributed by atoms with Crippen molar-refractivity contribution >= 4 is 65.8 Å². The van der Waals surface area contributed by atoms with Gasteiger partial charge in [-0.15, -0.1) is 0 Å². The van der Waals surface area contributed by atoms with Crippen LogP contribution >= 0.6 is 31.2 Å². The number of ketones is 3. The van der Waals surface area contributed by atoms with Crippen molar-refractivity contribution in [2.45, 2.75) is 168 Å². The number of Topliss-reactive ketones (excluding diaryl/α,β-unsaturated/α-hetero) is 3. The summed E-state index contributed by atoms with van der Waals surface area (Å²) in [4.78, 5) is 47.1. The van der Waals surface area contributed by atoms with E-state index in [0.717, 1.165) is 89.0 Å². The third kappa shape index (κ3) is 27.6. The molecule has 1 amide bonds. The first-order chi connectivity index (χ1) is 38.9. The van der Waals surface area contributed by atoms with Crippen LogP contribution in [0.4, 0.5) is 36.6 Å². The Hall–Kier alpha value is -6.35. The number of nitrogens with two attached hydrogens (primary N) is 1. The molecule has 1 aliphatic rings. The summed E-state index contributed by atoms with van der Waals surface area (Å²) in [7, 11) is -10.7. The van der Waals surface area contributed by atoms with Crippen LogP contribution in [0, 0.1) is 41.5 Å². The Morgan fingerprint density at radius 1 is 0.679 bits per heavy atom. The molecule has 6 aromatic carbocycles. The van der Waals surface area contributed by atoms with Crippen LogP contribution in [-0.4, -0.2) is 36.5 Å². The second-order valence-electron chi connectivity index (χ2n) is 22.4. The maximum absolute atomic E-state index is 11.3. The van der Waals surface area contributed by atoms with Crippen LogP contribution in [0.5, 0.6) is 11.5 Å². The standard InChI is InChI=1S/C27H40O2.C14H13ClN2S.C13H14O2.C12H15NO2.F6P/c1-8-26(4,5)22-14-17-25(24(20-22)27(6,7)9-2)29-19-11-10-18-28-23-15-12-21(3)13-16-23;1-9-8-14(10(2)7-13(9)17-16)18-12-5-3-11(15)4-6-12;1-9-4-2-3-5-13(9)10-6-11(14)8-12(15)7-10;1-8-4-5-11(9(2)6-8)13-12(15)7-10(3)14;1-7(2,3,4,5)6/h12-17,20H,8-11,18-19H2,1-7H3;3-8,16H,1-2H3;2-5,10H,6-8H2,1H3;4-6H,7H2,1-3H3,(H,13,15);/q;;;;-1/p+1. The van der Waals surface area contributed by atoms with Gasteiger partial charge in [-0.05, 0) is 190 Å². The molecular weight excluding hydrogens is 1140 g/mol. The molecule has 18 heteroatoms. The summed E-state index contributed by atoms with van der Waals surface area (Å²) in [6, 6.07) is 40.7. The number of carbonyl (C=O) groups is 4. The molecule has 0 radical (unpaired) electrons. The van der Waals surface area contributed by atoms with Gasteiger partial charge >= 0.3 is 33.0 Å². The van der Waals surface area contributed by atoms with Gasteiger partial charge in [-0.2, -0.15) is 5.53 Å². The van der Waals surface area contributed by atoms with E-state index in [2.05, 4.69) is 102 Å². The average molecular weight is 1230 g/mol. The fourth-order valence-electron chi connectivity index (χ4n) is 8.49. The summed E-state index contributed by atoms with van der Waals surface area (Å²) in [5.74, 6) is 1.87. The van der Waals surface area contributed by atoms with Crippen LogP contribution in [0.3, 0.4) is 0 Å². The molecular formula is C66H83ClF6N3O6PS. The summed E-state index contributed by atoms with van der Waals surface area (Å²) in [6.07, 6.45) is 5.31. The quantitative estimate of drug-likeness (QED) is 0.0287. The number of nitrogens with one attached hydrogen (secondary N) is 1. The van der Waals surface area contributed by atoms with Crippen molar-refractivity contribution in [3.8, 4) is 11.5 Å². The third-order valence-electron chi connectivity index (χ3n) is 14.1. The van der Waals surface area contributed by atoms with Gasteiger partial charge in [0, 0.05) is 38.9 Å². The molecule has 0 bridgehead atoms. The van der Waals surface area contributed by atoms with E-state index in [1.165, 1.54) is 44.5 Å². The van der Waals surface area contributed by atoms with Crippen molar-refractivity contribution in [3.63, 3.8) is 0 Å². The van der Waals surface area contributed by atoms with Crippen LogP contribution < -0.4 is 20.3 Å². The topological polar surface area (TPSA) is 137 Å². The predicted octanol–water partition coefficient (Wildman–Crippen LogP) is 19.6. The molecule has 1 saturated carbocycles. The van der Waals surface area contributed by atoms with E-state index < -0.39 is 7.81 Å². The van der Waals surface area contributed by atoms with E-state index in [0.29, 0.717) is 12.8 Å². The molecule has 6 aromatic rings. The molecule has 7 rings (SSSR count). The number of anilines is 1. The van der Waals surface area contributed by atoms with Gasteiger partial charge in [-0.3, -0.25) is 19.2 Å². The number of halogens is 7. The molecule has 1 fully saturated rings. The van der Waals surface area contributed by atoms with Gasteiger partial charge in [0.15, 0.2) is 0 Å². The summed E-state index contributed by atoms with van der Waals surface area (Å²) in [5, 5.41) is 7.23. The minimum atomic E-state index is -10.7. The Morgan fingerprint density at radius 3 is 1.77 bits per heavy atom. The molecule has 458 valence electrons. The van der Waals surface area contributed by atoms with Gasteiger partial charge in [0.05, 0.1) is 26.1 Å². The third-order valence-corrected chi connectivity index (χ3v) is 15.5. The molecule has 0 heterocycles. The zero-order chi connectivity index (χ0) is 63.3. The van der Waals surface area contributed by atoms with E-state index in [9.17, 15) is 44.4 Å². The normalized spacial score (nSPS) is 13.3. The summed E-state index contributed by atoms with van der Waals surface area (Å²) in [6.45, 7) is 28.7. The number of unbranched alkanes of at least 4 members (excludes halogenated alkanes) is 1. The number of hydrogen-bond donors (Lipinski definition) is 2. The predicted molar refractivity (Wildman–Crippen MR) is 331 cm³/mol. The van der Waals surface area contributed by atoms with Gasteiger partial charge in [-0.25, -0.2) is 0 Å². The van der Waals surface area contributed by atoms with Gasteiger partial charge in [-0.1, -0.05) is 137 Å². The molecule has 0 spiro atoms. The zero-order valence-electron chi connectivity index (χ0n) is 50.7. The van der Waals surface area contributed by atoms with Crippen molar-refractivity contribution < 1.29 is 59.4 Å². The molecule has 9 nitrogen and oxygen atoms in total. The Kier molecular flexibility index (Phi) is 26.7. The van der Waals surface area contributed by atoms with Crippen LogP contribution in [0.2, 0.25) is 5.02 Å². The van der Waals surface area contributed by atoms with E-state index >= 15 is 0 Å². The van der Waals surface area contributed by atoms with E-state index in [-0.39, 0.29) is 52.8 Å².